The minimum atomic E-state index is 0.283. The summed E-state index contributed by atoms with van der Waals surface area (Å²) in [5.74, 6) is 0.862. The number of benzene rings is 1. The van der Waals surface area contributed by atoms with Gasteiger partial charge in [0.1, 0.15) is 0 Å². The van der Waals surface area contributed by atoms with Gasteiger partial charge < -0.3 is 15.4 Å². The van der Waals surface area contributed by atoms with Crippen molar-refractivity contribution in [3.63, 3.8) is 0 Å². The van der Waals surface area contributed by atoms with Crippen LogP contribution in [0.5, 0.6) is 0 Å². The zero-order valence-corrected chi connectivity index (χ0v) is 18.6. The summed E-state index contributed by atoms with van der Waals surface area (Å²) in [7, 11) is 0. The molecule has 3 rings (SSSR count). The maximum Gasteiger partial charge on any atom is 0.191 e. The molecule has 2 atom stereocenters. The van der Waals surface area contributed by atoms with Crippen molar-refractivity contribution in [2.24, 2.45) is 4.99 Å². The highest BCUT2D eigenvalue weighted by Gasteiger charge is 2.22. The Morgan fingerprint density at radius 2 is 1.90 bits per heavy atom. The van der Waals surface area contributed by atoms with Gasteiger partial charge in [-0.2, -0.15) is 5.10 Å². The fourth-order valence-corrected chi connectivity index (χ4v) is 3.91. The van der Waals surface area contributed by atoms with E-state index in [-0.39, 0.29) is 12.2 Å². The molecule has 2 N–H and O–H groups in total. The van der Waals surface area contributed by atoms with Crippen molar-refractivity contribution in [3.05, 3.63) is 53.9 Å². The summed E-state index contributed by atoms with van der Waals surface area (Å²) < 4.78 is 7.83. The lowest BCUT2D eigenvalue weighted by Crippen LogP contribution is -2.44. The Hall–Kier alpha value is -2.38. The molecular weight excluding hydrogens is 376 g/mol. The monoisotopic (exact) mass is 412 g/mol. The molecule has 164 valence electrons. The first-order valence-corrected chi connectivity index (χ1v) is 11.1. The molecule has 1 aliphatic rings. The van der Waals surface area contributed by atoms with E-state index in [0.29, 0.717) is 6.54 Å². The minimum Gasteiger partial charge on any atom is -0.373 e. The highest BCUT2D eigenvalue weighted by molar-refractivity contribution is 5.79. The second-order valence-electron chi connectivity index (χ2n) is 7.96. The van der Waals surface area contributed by atoms with Crippen molar-refractivity contribution in [1.29, 1.82) is 0 Å². The summed E-state index contributed by atoms with van der Waals surface area (Å²) in [5.41, 5.74) is 2.62. The van der Waals surface area contributed by atoms with Crippen molar-refractivity contribution >= 4 is 5.96 Å². The molecule has 0 amide bonds. The number of aliphatic imine (C=N–C) groups is 1. The first-order chi connectivity index (χ1) is 14.6. The molecule has 0 aliphatic carbocycles. The van der Waals surface area contributed by atoms with Crippen LogP contribution in [0.25, 0.3) is 0 Å². The third-order valence-corrected chi connectivity index (χ3v) is 5.17. The van der Waals surface area contributed by atoms with Gasteiger partial charge in [-0.05, 0) is 44.4 Å². The number of guanidine groups is 1. The molecule has 0 spiro atoms. The highest BCUT2D eigenvalue weighted by Crippen LogP contribution is 2.17. The van der Waals surface area contributed by atoms with Crippen LogP contribution in [0, 0.1) is 0 Å². The highest BCUT2D eigenvalue weighted by atomic mass is 16.5. The maximum atomic E-state index is 5.88. The van der Waals surface area contributed by atoms with Crippen molar-refractivity contribution in [1.82, 2.24) is 25.3 Å². The molecule has 2 heterocycles. The van der Waals surface area contributed by atoms with Gasteiger partial charge in [0.05, 0.1) is 18.8 Å². The number of hydrogen-bond acceptors (Lipinski definition) is 4. The molecule has 1 saturated heterocycles. The second-order valence-corrected chi connectivity index (χ2v) is 7.96. The SMILES string of the molecule is CCNC(=NCc1ccccc1CN1CC(C)OC(C)C1)NCCCn1cccn1. The number of nitrogens with zero attached hydrogens (tertiary/aromatic N) is 4. The molecular formula is C23H36N6O. The number of aryl methyl sites for hydroxylation is 1. The summed E-state index contributed by atoms with van der Waals surface area (Å²) in [5, 5.41) is 11.0. The van der Waals surface area contributed by atoms with Gasteiger partial charge in [-0.15, -0.1) is 0 Å². The number of morpholine rings is 1. The van der Waals surface area contributed by atoms with Gasteiger partial charge in [0.2, 0.25) is 0 Å². The number of ether oxygens (including phenoxy) is 1. The Morgan fingerprint density at radius 3 is 2.60 bits per heavy atom. The summed E-state index contributed by atoms with van der Waals surface area (Å²) >= 11 is 0. The van der Waals surface area contributed by atoms with Crippen molar-refractivity contribution < 1.29 is 4.74 Å². The average molecular weight is 413 g/mol. The number of nitrogens with one attached hydrogen (secondary N) is 2. The van der Waals surface area contributed by atoms with Crippen LogP contribution in [0.15, 0.2) is 47.7 Å². The Labute approximate surface area is 180 Å². The molecule has 7 heteroatoms. The molecule has 1 aromatic carbocycles. The van der Waals surface area contributed by atoms with E-state index in [1.165, 1.54) is 11.1 Å². The third-order valence-electron chi connectivity index (χ3n) is 5.17. The van der Waals surface area contributed by atoms with Gasteiger partial charge in [-0.1, -0.05) is 24.3 Å². The molecule has 0 bridgehead atoms. The van der Waals surface area contributed by atoms with Crippen LogP contribution in [0.3, 0.4) is 0 Å². The van der Waals surface area contributed by atoms with Crippen LogP contribution in [-0.4, -0.2) is 59.0 Å². The third kappa shape index (κ3) is 7.15. The van der Waals surface area contributed by atoms with E-state index in [2.05, 4.69) is 65.7 Å². The van der Waals surface area contributed by atoms with Gasteiger partial charge >= 0.3 is 0 Å². The predicted octanol–water partition coefficient (Wildman–Crippen LogP) is 2.64. The lowest BCUT2D eigenvalue weighted by Gasteiger charge is -2.35. The van der Waals surface area contributed by atoms with Gasteiger partial charge in [-0.3, -0.25) is 9.58 Å². The van der Waals surface area contributed by atoms with Crippen molar-refractivity contribution in [3.8, 4) is 0 Å². The maximum absolute atomic E-state index is 5.88. The molecule has 1 aliphatic heterocycles. The zero-order valence-electron chi connectivity index (χ0n) is 18.6. The van der Waals surface area contributed by atoms with E-state index in [1.807, 2.05) is 23.1 Å². The Bertz CT molecular complexity index is 766. The molecule has 30 heavy (non-hydrogen) atoms. The Kier molecular flexibility index (Phi) is 8.71. The van der Waals surface area contributed by atoms with E-state index >= 15 is 0 Å². The van der Waals surface area contributed by atoms with E-state index in [9.17, 15) is 0 Å². The smallest absolute Gasteiger partial charge is 0.191 e. The summed E-state index contributed by atoms with van der Waals surface area (Å²) in [6.45, 7) is 12.6. The fourth-order valence-electron chi connectivity index (χ4n) is 3.91. The van der Waals surface area contributed by atoms with Crippen molar-refractivity contribution in [2.45, 2.75) is 59.0 Å². The molecule has 1 aromatic heterocycles. The van der Waals surface area contributed by atoms with Crippen LogP contribution < -0.4 is 10.6 Å². The molecule has 7 nitrogen and oxygen atoms in total. The quantitative estimate of drug-likeness (QED) is 0.377. The van der Waals surface area contributed by atoms with E-state index in [4.69, 9.17) is 9.73 Å². The number of hydrogen-bond donors (Lipinski definition) is 2. The van der Waals surface area contributed by atoms with Crippen LogP contribution in [0.1, 0.15) is 38.3 Å². The lowest BCUT2D eigenvalue weighted by molar-refractivity contribution is -0.0705. The Morgan fingerprint density at radius 1 is 1.13 bits per heavy atom. The fraction of sp³-hybridized carbons (Fsp3) is 0.565. The Balaban J connectivity index is 1.55. The van der Waals surface area contributed by atoms with Crippen LogP contribution in [-0.2, 0) is 24.4 Å². The molecule has 0 radical (unpaired) electrons. The standard InChI is InChI=1S/C23H36N6O/c1-4-24-23(25-11-7-13-29-14-8-12-27-29)26-15-21-9-5-6-10-22(21)18-28-16-19(2)30-20(3)17-28/h5-6,8-10,12,14,19-20H,4,7,11,13,15-18H2,1-3H3,(H2,24,25,26). The van der Waals surface area contributed by atoms with Gasteiger partial charge in [0.15, 0.2) is 5.96 Å². The van der Waals surface area contributed by atoms with E-state index < -0.39 is 0 Å². The first kappa shape index (κ1) is 22.3. The van der Waals surface area contributed by atoms with Crippen LogP contribution >= 0.6 is 0 Å². The normalized spacial score (nSPS) is 20.3. The van der Waals surface area contributed by atoms with E-state index in [0.717, 1.165) is 51.6 Å². The summed E-state index contributed by atoms with van der Waals surface area (Å²) in [6, 6.07) is 10.6. The molecule has 1 fully saturated rings. The molecule has 2 unspecified atom stereocenters. The van der Waals surface area contributed by atoms with Gasteiger partial charge in [0, 0.05) is 51.7 Å². The first-order valence-electron chi connectivity index (χ1n) is 11.1. The molecule has 0 saturated carbocycles. The minimum absolute atomic E-state index is 0.283. The number of rotatable bonds is 9. The zero-order chi connectivity index (χ0) is 21.2. The largest absolute Gasteiger partial charge is 0.373 e. The van der Waals surface area contributed by atoms with Gasteiger partial charge in [0.25, 0.3) is 0 Å². The van der Waals surface area contributed by atoms with Crippen molar-refractivity contribution in [2.75, 3.05) is 26.2 Å². The summed E-state index contributed by atoms with van der Waals surface area (Å²) in [6.07, 6.45) is 5.37. The average Bonchev–Trinajstić information content (AvgIpc) is 3.23. The van der Waals surface area contributed by atoms with Gasteiger partial charge in [-0.25, -0.2) is 4.99 Å². The van der Waals surface area contributed by atoms with E-state index in [1.54, 1.807) is 0 Å². The number of aromatic nitrogens is 2. The topological polar surface area (TPSA) is 66.7 Å². The predicted molar refractivity (Wildman–Crippen MR) is 121 cm³/mol. The van der Waals surface area contributed by atoms with Crippen LogP contribution in [0.2, 0.25) is 0 Å². The molecule has 2 aromatic rings. The summed E-state index contributed by atoms with van der Waals surface area (Å²) in [4.78, 5) is 7.32. The van der Waals surface area contributed by atoms with Crippen LogP contribution in [0.4, 0.5) is 0 Å². The second kappa shape index (κ2) is 11.7. The lowest BCUT2D eigenvalue weighted by atomic mass is 10.1.